The van der Waals surface area contributed by atoms with Gasteiger partial charge in [-0.05, 0) is 37.5 Å². The Balaban J connectivity index is 1.48. The molecule has 3 unspecified atom stereocenters. The van der Waals surface area contributed by atoms with Gasteiger partial charge in [0.05, 0.1) is 19.1 Å². The van der Waals surface area contributed by atoms with Crippen LogP contribution in [0.25, 0.3) is 0 Å². The molecule has 162 valence electrons. The Kier molecular flexibility index (Phi) is 3.65. The van der Waals surface area contributed by atoms with Crippen LogP contribution in [0.2, 0.25) is 0 Å². The molecule has 0 aromatic carbocycles. The lowest BCUT2D eigenvalue weighted by Crippen LogP contribution is -2.60. The average Bonchev–Trinajstić information content (AvgIpc) is 3.12. The molecule has 6 aliphatic rings. The summed E-state index contributed by atoms with van der Waals surface area (Å²) in [5.74, 6) is 0.163. The van der Waals surface area contributed by atoms with Gasteiger partial charge < -0.3 is 14.2 Å². The van der Waals surface area contributed by atoms with E-state index in [0.717, 1.165) is 31.3 Å². The molecule has 6 heteroatoms. The van der Waals surface area contributed by atoms with E-state index < -0.39 is 11.5 Å². The molecular formula is C24H30O6. The maximum Gasteiger partial charge on any atom is 0.312 e. The number of epoxide rings is 1. The monoisotopic (exact) mass is 414 g/mol. The number of ketones is 1. The van der Waals surface area contributed by atoms with Gasteiger partial charge in [-0.3, -0.25) is 14.4 Å². The lowest BCUT2D eigenvalue weighted by Gasteiger charge is -2.55. The summed E-state index contributed by atoms with van der Waals surface area (Å²) in [7, 11) is 1.44. The number of hydrogen-bond donors (Lipinski definition) is 0. The molecule has 6 nitrogen and oxygen atoms in total. The second-order valence-electron chi connectivity index (χ2n) is 10.9. The summed E-state index contributed by atoms with van der Waals surface area (Å²) < 4.78 is 17.9. The molecule has 5 fully saturated rings. The van der Waals surface area contributed by atoms with Gasteiger partial charge >= 0.3 is 11.9 Å². The van der Waals surface area contributed by atoms with Crippen molar-refractivity contribution in [3.63, 3.8) is 0 Å². The van der Waals surface area contributed by atoms with E-state index in [4.69, 9.17) is 14.2 Å². The minimum atomic E-state index is -0.425. The van der Waals surface area contributed by atoms with Gasteiger partial charge in [0, 0.05) is 36.5 Å². The predicted octanol–water partition coefficient (Wildman–Crippen LogP) is 2.98. The van der Waals surface area contributed by atoms with Gasteiger partial charge in [0.25, 0.3) is 0 Å². The Labute approximate surface area is 176 Å². The zero-order valence-electron chi connectivity index (χ0n) is 17.9. The molecule has 0 radical (unpaired) electrons. The zero-order valence-corrected chi connectivity index (χ0v) is 17.9. The van der Waals surface area contributed by atoms with Gasteiger partial charge in [-0.15, -0.1) is 0 Å². The first kappa shape index (κ1) is 19.0. The summed E-state index contributed by atoms with van der Waals surface area (Å²) in [5.41, 5.74) is 0.0869. The first-order valence-corrected chi connectivity index (χ1v) is 11.5. The van der Waals surface area contributed by atoms with E-state index in [9.17, 15) is 14.4 Å². The number of ether oxygens (including phenoxy) is 3. The summed E-state index contributed by atoms with van der Waals surface area (Å²) in [6.45, 7) is 4.41. The fraction of sp³-hybridized carbons (Fsp3) is 0.792. The maximum atomic E-state index is 13.0. The smallest absolute Gasteiger partial charge is 0.312 e. The Bertz CT molecular complexity index is 892. The number of hydrogen-bond acceptors (Lipinski definition) is 6. The van der Waals surface area contributed by atoms with Gasteiger partial charge in [0.2, 0.25) is 0 Å². The van der Waals surface area contributed by atoms with E-state index in [0.29, 0.717) is 19.3 Å². The van der Waals surface area contributed by atoms with E-state index >= 15 is 0 Å². The average molecular weight is 414 g/mol. The van der Waals surface area contributed by atoms with Crippen LogP contribution in [0.3, 0.4) is 0 Å². The molecule has 2 spiro atoms. The molecule has 3 saturated carbocycles. The van der Waals surface area contributed by atoms with Crippen LogP contribution in [0.15, 0.2) is 11.6 Å². The highest BCUT2D eigenvalue weighted by Crippen LogP contribution is 2.75. The number of Topliss-reactive ketones (excluding diaryl/α,β-unsaturated/α-hetero) is 1. The molecule has 6 rings (SSSR count). The second kappa shape index (κ2) is 5.76. The van der Waals surface area contributed by atoms with Crippen LogP contribution in [0.4, 0.5) is 0 Å². The third kappa shape index (κ3) is 2.07. The largest absolute Gasteiger partial charge is 0.469 e. The van der Waals surface area contributed by atoms with Crippen molar-refractivity contribution in [3.8, 4) is 0 Å². The van der Waals surface area contributed by atoms with E-state index in [1.165, 1.54) is 7.11 Å². The van der Waals surface area contributed by atoms with Crippen molar-refractivity contribution in [2.24, 2.45) is 35.0 Å². The normalized spacial score (nSPS) is 53.2. The molecule has 2 saturated heterocycles. The van der Waals surface area contributed by atoms with Crippen LogP contribution in [-0.4, -0.2) is 42.1 Å². The molecule has 2 heterocycles. The van der Waals surface area contributed by atoms with Crippen molar-refractivity contribution in [2.75, 3.05) is 7.11 Å². The summed E-state index contributed by atoms with van der Waals surface area (Å²) >= 11 is 0. The molecule has 0 N–H and O–H groups in total. The van der Waals surface area contributed by atoms with Crippen molar-refractivity contribution >= 4 is 17.7 Å². The van der Waals surface area contributed by atoms with Crippen LogP contribution in [0.1, 0.15) is 58.8 Å². The van der Waals surface area contributed by atoms with E-state index in [1.54, 1.807) is 0 Å². The third-order valence-electron chi connectivity index (χ3n) is 9.78. The summed E-state index contributed by atoms with van der Waals surface area (Å²) in [6.07, 6.45) is 7.02. The lowest BCUT2D eigenvalue weighted by atomic mass is 9.47. The third-order valence-corrected chi connectivity index (χ3v) is 9.78. The maximum absolute atomic E-state index is 13.0. The topological polar surface area (TPSA) is 82.2 Å². The van der Waals surface area contributed by atoms with Crippen LogP contribution in [0.5, 0.6) is 0 Å². The van der Waals surface area contributed by atoms with Gasteiger partial charge in [-0.2, -0.15) is 0 Å². The molecule has 0 bridgehead atoms. The fourth-order valence-corrected chi connectivity index (χ4v) is 8.70. The number of fused-ring (bicyclic) bond motifs is 4. The Morgan fingerprint density at radius 3 is 2.77 bits per heavy atom. The van der Waals surface area contributed by atoms with Crippen molar-refractivity contribution in [2.45, 2.75) is 76.1 Å². The van der Waals surface area contributed by atoms with Gasteiger partial charge in [-0.1, -0.05) is 25.5 Å². The molecule has 0 aromatic rings. The quantitative estimate of drug-likeness (QED) is 0.373. The van der Waals surface area contributed by atoms with Crippen molar-refractivity contribution in [1.29, 1.82) is 0 Å². The predicted molar refractivity (Wildman–Crippen MR) is 105 cm³/mol. The SMILES string of the molecule is COC(=O)[C@@H]1C=C2CC(=O)C[C@@H](C)C2[C@@]23O[C@@H]2C[C@@]2(C)C(CC[C@@]24CCC(=O)O4)C13. The van der Waals surface area contributed by atoms with Crippen molar-refractivity contribution < 1.29 is 28.6 Å². The molecule has 9 atom stereocenters. The van der Waals surface area contributed by atoms with Crippen LogP contribution < -0.4 is 0 Å². The Morgan fingerprint density at radius 2 is 2.07 bits per heavy atom. The van der Waals surface area contributed by atoms with Gasteiger partial charge in [0.15, 0.2) is 0 Å². The number of carbonyl (C=O) groups excluding carboxylic acids is 3. The molecular weight excluding hydrogens is 384 g/mol. The molecule has 4 aliphatic carbocycles. The van der Waals surface area contributed by atoms with Crippen molar-refractivity contribution in [1.82, 2.24) is 0 Å². The highest BCUT2D eigenvalue weighted by molar-refractivity contribution is 5.84. The number of rotatable bonds is 1. The van der Waals surface area contributed by atoms with E-state index in [-0.39, 0.29) is 58.5 Å². The van der Waals surface area contributed by atoms with Crippen LogP contribution in [-0.2, 0) is 28.6 Å². The lowest BCUT2D eigenvalue weighted by molar-refractivity contribution is -0.167. The number of carbonyl (C=O) groups is 3. The van der Waals surface area contributed by atoms with Crippen LogP contribution >= 0.6 is 0 Å². The standard InChI is InChI=1S/C24H30O6/c1-12-8-14(25)9-13-10-15(21(27)28-3)20-16-4-6-23(7-5-18(26)30-23)22(16,2)11-17-24(20,29-17)19(12)13/h10,12,15-17,19-20H,4-9,11H2,1-3H3/t12-,15-,16?,17-,19?,20?,22+,23-,24+/m1/s1. The number of methoxy groups -OCH3 is 1. The van der Waals surface area contributed by atoms with E-state index in [1.807, 2.05) is 0 Å². The summed E-state index contributed by atoms with van der Waals surface area (Å²) in [5, 5.41) is 0. The van der Waals surface area contributed by atoms with Gasteiger partial charge in [0.1, 0.15) is 17.0 Å². The minimum absolute atomic E-state index is 0.0109. The second-order valence-corrected chi connectivity index (χ2v) is 10.9. The van der Waals surface area contributed by atoms with E-state index in [2.05, 4.69) is 19.9 Å². The van der Waals surface area contributed by atoms with Crippen molar-refractivity contribution in [3.05, 3.63) is 11.6 Å². The first-order valence-electron chi connectivity index (χ1n) is 11.5. The molecule has 30 heavy (non-hydrogen) atoms. The first-order chi connectivity index (χ1) is 14.3. The Hall–Kier alpha value is -1.69. The molecule has 2 aliphatic heterocycles. The Morgan fingerprint density at radius 1 is 1.27 bits per heavy atom. The van der Waals surface area contributed by atoms with Crippen LogP contribution in [0, 0.1) is 35.0 Å². The summed E-state index contributed by atoms with van der Waals surface area (Å²) in [4.78, 5) is 37.4. The summed E-state index contributed by atoms with van der Waals surface area (Å²) in [6, 6.07) is 0. The fourth-order valence-electron chi connectivity index (χ4n) is 8.70. The number of esters is 2. The highest BCUT2D eigenvalue weighted by atomic mass is 16.6. The molecule has 0 aromatic heterocycles. The highest BCUT2D eigenvalue weighted by Gasteiger charge is 2.81. The molecule has 0 amide bonds. The van der Waals surface area contributed by atoms with Gasteiger partial charge in [-0.25, -0.2) is 0 Å². The zero-order chi connectivity index (χ0) is 21.1. The minimum Gasteiger partial charge on any atom is -0.469 e.